The molecule has 1 aromatic rings. The highest BCUT2D eigenvalue weighted by Crippen LogP contribution is 2.38. The van der Waals surface area contributed by atoms with Gasteiger partial charge >= 0.3 is 12.1 Å². The van der Waals surface area contributed by atoms with Crippen molar-refractivity contribution in [2.45, 2.75) is 6.18 Å². The van der Waals surface area contributed by atoms with Gasteiger partial charge in [0, 0.05) is 6.07 Å². The third-order valence-corrected chi connectivity index (χ3v) is 2.17. The molecule has 6 nitrogen and oxygen atoms in total. The van der Waals surface area contributed by atoms with Gasteiger partial charge in [-0.1, -0.05) is 0 Å². The van der Waals surface area contributed by atoms with Crippen LogP contribution >= 0.6 is 0 Å². The quantitative estimate of drug-likeness (QED) is 0.468. The summed E-state index contributed by atoms with van der Waals surface area (Å²) in [4.78, 5) is 20.9. The maximum Gasteiger partial charge on any atom is 0.418 e. The normalized spacial score (nSPS) is 10.7. The van der Waals surface area contributed by atoms with Gasteiger partial charge in [-0.3, -0.25) is 10.1 Å². The molecular formula is C10H5F3N2O4. The Morgan fingerprint density at radius 1 is 1.47 bits per heavy atom. The molecule has 0 aliphatic heterocycles. The highest BCUT2D eigenvalue weighted by atomic mass is 19.4. The number of benzene rings is 1. The third-order valence-electron chi connectivity index (χ3n) is 2.17. The van der Waals surface area contributed by atoms with Crippen LogP contribution in [0.25, 0.3) is 0 Å². The molecule has 9 heteroatoms. The van der Waals surface area contributed by atoms with Crippen molar-refractivity contribution in [3.63, 3.8) is 0 Å². The molecule has 1 rings (SSSR count). The number of carbonyl (C=O) groups is 1. The van der Waals surface area contributed by atoms with Crippen LogP contribution in [0.2, 0.25) is 0 Å². The van der Waals surface area contributed by atoms with E-state index in [0.29, 0.717) is 12.1 Å². The lowest BCUT2D eigenvalue weighted by Gasteiger charge is -2.12. The Hall–Kier alpha value is -2.63. The van der Waals surface area contributed by atoms with E-state index >= 15 is 0 Å². The third kappa shape index (κ3) is 2.62. The van der Waals surface area contributed by atoms with Gasteiger partial charge in [-0.25, -0.2) is 4.79 Å². The smallest absolute Gasteiger partial charge is 0.418 e. The maximum atomic E-state index is 12.9. The van der Waals surface area contributed by atoms with E-state index in [9.17, 15) is 28.1 Å². The van der Waals surface area contributed by atoms with Crippen LogP contribution in [0, 0.1) is 21.4 Å². The Kier molecular flexibility index (Phi) is 3.75. The first-order valence-electron chi connectivity index (χ1n) is 4.61. The molecule has 0 atom stereocenters. The molecule has 0 unspecified atom stereocenters. The van der Waals surface area contributed by atoms with Gasteiger partial charge in [0.05, 0.1) is 29.2 Å². The summed E-state index contributed by atoms with van der Waals surface area (Å²) in [6.45, 7) is 0. The van der Waals surface area contributed by atoms with Gasteiger partial charge in [0.25, 0.3) is 5.69 Å². The van der Waals surface area contributed by atoms with Crippen LogP contribution in [0.1, 0.15) is 21.5 Å². The number of rotatable bonds is 2. The fourth-order valence-corrected chi connectivity index (χ4v) is 1.44. The Morgan fingerprint density at radius 3 is 2.42 bits per heavy atom. The van der Waals surface area contributed by atoms with E-state index in [1.165, 1.54) is 6.07 Å². The fourth-order valence-electron chi connectivity index (χ4n) is 1.44. The van der Waals surface area contributed by atoms with Crippen LogP contribution in [0.3, 0.4) is 0 Å². The number of hydrogen-bond donors (Lipinski definition) is 0. The summed E-state index contributed by atoms with van der Waals surface area (Å²) < 4.78 is 42.7. The zero-order chi connectivity index (χ0) is 14.8. The van der Waals surface area contributed by atoms with Crippen molar-refractivity contribution in [1.82, 2.24) is 0 Å². The molecule has 19 heavy (non-hydrogen) atoms. The van der Waals surface area contributed by atoms with E-state index < -0.39 is 39.4 Å². The molecule has 0 heterocycles. The summed E-state index contributed by atoms with van der Waals surface area (Å²) in [5.74, 6) is -1.53. The second kappa shape index (κ2) is 4.93. The molecule has 0 spiro atoms. The van der Waals surface area contributed by atoms with Crippen LogP contribution < -0.4 is 0 Å². The van der Waals surface area contributed by atoms with Crippen LogP contribution in [-0.2, 0) is 10.9 Å². The minimum Gasteiger partial charge on any atom is -0.465 e. The topological polar surface area (TPSA) is 93.2 Å². The van der Waals surface area contributed by atoms with Crippen molar-refractivity contribution in [3.05, 3.63) is 38.9 Å². The molecular weight excluding hydrogens is 269 g/mol. The number of esters is 1. The number of alkyl halides is 3. The van der Waals surface area contributed by atoms with Crippen LogP contribution in [-0.4, -0.2) is 18.0 Å². The number of nitrogens with zero attached hydrogens (tertiary/aromatic N) is 2. The van der Waals surface area contributed by atoms with Crippen molar-refractivity contribution in [1.29, 1.82) is 5.26 Å². The summed E-state index contributed by atoms with van der Waals surface area (Å²) in [6.07, 6.45) is -5.10. The lowest BCUT2D eigenvalue weighted by molar-refractivity contribution is -0.385. The average molecular weight is 274 g/mol. The molecule has 0 bridgehead atoms. The Balaban J connectivity index is 3.83. The van der Waals surface area contributed by atoms with Gasteiger partial charge in [-0.15, -0.1) is 0 Å². The second-order valence-electron chi connectivity index (χ2n) is 3.24. The largest absolute Gasteiger partial charge is 0.465 e. The summed E-state index contributed by atoms with van der Waals surface area (Å²) in [5.41, 5.74) is -4.91. The van der Waals surface area contributed by atoms with Crippen molar-refractivity contribution in [2.24, 2.45) is 0 Å². The standard InChI is InChI=1S/C10H5F3N2O4/c1-19-9(16)7-6(15(17)18)3-2-5(4-14)8(7)10(11,12)13/h2-3H,1H3. The molecule has 0 fully saturated rings. The Morgan fingerprint density at radius 2 is 2.05 bits per heavy atom. The maximum absolute atomic E-state index is 12.9. The van der Waals surface area contributed by atoms with E-state index in [1.807, 2.05) is 0 Å². The molecule has 0 saturated carbocycles. The van der Waals surface area contributed by atoms with Crippen LogP contribution in [0.4, 0.5) is 18.9 Å². The van der Waals surface area contributed by atoms with E-state index in [0.717, 1.165) is 7.11 Å². The molecule has 0 aromatic heterocycles. The zero-order valence-electron chi connectivity index (χ0n) is 9.32. The number of hydrogen-bond acceptors (Lipinski definition) is 5. The lowest BCUT2D eigenvalue weighted by atomic mass is 9.99. The van der Waals surface area contributed by atoms with Gasteiger partial charge in [-0.05, 0) is 6.07 Å². The lowest BCUT2D eigenvalue weighted by Crippen LogP contribution is -2.18. The van der Waals surface area contributed by atoms with Gasteiger partial charge in [0.1, 0.15) is 0 Å². The van der Waals surface area contributed by atoms with E-state index in [2.05, 4.69) is 4.74 Å². The van der Waals surface area contributed by atoms with Crippen LogP contribution in [0.15, 0.2) is 12.1 Å². The first-order chi connectivity index (χ1) is 8.73. The van der Waals surface area contributed by atoms with E-state index in [1.54, 1.807) is 0 Å². The van der Waals surface area contributed by atoms with Crippen molar-refractivity contribution in [3.8, 4) is 6.07 Å². The average Bonchev–Trinajstić information content (AvgIpc) is 2.34. The number of nitro groups is 1. The number of nitriles is 1. The molecule has 1 aromatic carbocycles. The fraction of sp³-hybridized carbons (Fsp3) is 0.200. The van der Waals surface area contributed by atoms with E-state index in [4.69, 9.17) is 5.26 Å². The molecule has 100 valence electrons. The molecule has 0 aliphatic carbocycles. The first-order valence-corrected chi connectivity index (χ1v) is 4.61. The van der Waals surface area contributed by atoms with Crippen molar-refractivity contribution < 1.29 is 27.6 Å². The molecule has 0 N–H and O–H groups in total. The number of carbonyl (C=O) groups excluding carboxylic acids is 1. The highest BCUT2D eigenvalue weighted by molar-refractivity contribution is 5.96. The molecule has 0 radical (unpaired) electrons. The van der Waals surface area contributed by atoms with Crippen LogP contribution in [0.5, 0.6) is 0 Å². The zero-order valence-corrected chi connectivity index (χ0v) is 9.32. The number of halogens is 3. The van der Waals surface area contributed by atoms with Gasteiger partial charge in [0.2, 0.25) is 0 Å². The SMILES string of the molecule is COC(=O)c1c([N+](=O)[O-])ccc(C#N)c1C(F)(F)F. The summed E-state index contributed by atoms with van der Waals surface area (Å²) in [5, 5.41) is 19.3. The first kappa shape index (κ1) is 14.4. The van der Waals surface area contributed by atoms with Crippen molar-refractivity contribution >= 4 is 11.7 Å². The number of ether oxygens (including phenoxy) is 1. The predicted octanol–water partition coefficient (Wildman–Crippen LogP) is 2.27. The Labute approximate surface area is 104 Å². The number of methoxy groups -OCH3 is 1. The van der Waals surface area contributed by atoms with Crippen molar-refractivity contribution in [2.75, 3.05) is 7.11 Å². The summed E-state index contributed by atoms with van der Waals surface area (Å²) >= 11 is 0. The predicted molar refractivity (Wildman–Crippen MR) is 54.2 cm³/mol. The van der Waals surface area contributed by atoms with Gasteiger partial charge in [-0.2, -0.15) is 18.4 Å². The Bertz CT molecular complexity index is 590. The van der Waals surface area contributed by atoms with Gasteiger partial charge in [0.15, 0.2) is 5.56 Å². The second-order valence-corrected chi connectivity index (χ2v) is 3.24. The number of nitro benzene ring substituents is 1. The highest BCUT2D eigenvalue weighted by Gasteiger charge is 2.42. The monoisotopic (exact) mass is 274 g/mol. The molecule has 0 aliphatic rings. The summed E-state index contributed by atoms with van der Waals surface area (Å²) in [6, 6.07) is 2.52. The van der Waals surface area contributed by atoms with Gasteiger partial charge < -0.3 is 4.74 Å². The molecule has 0 amide bonds. The molecule has 0 saturated heterocycles. The van der Waals surface area contributed by atoms with E-state index in [-0.39, 0.29) is 0 Å². The minimum absolute atomic E-state index is 0.632. The summed E-state index contributed by atoms with van der Waals surface area (Å²) in [7, 11) is 0.783. The minimum atomic E-state index is -5.10.